The van der Waals surface area contributed by atoms with Crippen molar-refractivity contribution in [1.29, 1.82) is 0 Å². The molecular weight excluding hydrogens is 406 g/mol. The highest BCUT2D eigenvalue weighted by Crippen LogP contribution is 2.42. The summed E-state index contributed by atoms with van der Waals surface area (Å²) < 4.78 is 17.2. The van der Waals surface area contributed by atoms with Crippen LogP contribution < -0.4 is 14.2 Å². The third-order valence-electron chi connectivity index (χ3n) is 5.71. The fourth-order valence-corrected chi connectivity index (χ4v) is 4.19. The maximum absolute atomic E-state index is 11.5. The number of ether oxygens (including phenoxy) is 3. The van der Waals surface area contributed by atoms with Gasteiger partial charge in [-0.25, -0.2) is 0 Å². The molecule has 0 unspecified atom stereocenters. The minimum atomic E-state index is -0.297. The molecular formula is C26H25NO5. The molecule has 4 rings (SSSR count). The van der Waals surface area contributed by atoms with Crippen LogP contribution in [0.1, 0.15) is 34.2 Å². The summed E-state index contributed by atoms with van der Waals surface area (Å²) in [6, 6.07) is 15.0. The Morgan fingerprint density at radius 2 is 1.59 bits per heavy atom. The van der Waals surface area contributed by atoms with Gasteiger partial charge in [0.1, 0.15) is 23.0 Å². The van der Waals surface area contributed by atoms with Crippen molar-refractivity contribution in [2.45, 2.75) is 26.2 Å². The quantitative estimate of drug-likeness (QED) is 0.247. The first kappa shape index (κ1) is 21.4. The normalized spacial score (nSPS) is 12.6. The number of aryl methyl sites for hydroxylation is 1. The van der Waals surface area contributed by atoms with E-state index in [2.05, 4.69) is 0 Å². The molecule has 3 aromatic rings. The maximum atomic E-state index is 11.5. The third kappa shape index (κ3) is 4.17. The molecule has 3 aromatic carbocycles. The van der Waals surface area contributed by atoms with E-state index in [0.717, 1.165) is 46.4 Å². The average Bonchev–Trinajstić information content (AvgIpc) is 3.29. The zero-order chi connectivity index (χ0) is 22.7. The Labute approximate surface area is 187 Å². The number of nitro groups is 1. The predicted octanol–water partition coefficient (Wildman–Crippen LogP) is 6.37. The molecule has 0 spiro atoms. The number of hydrogen-bond donors (Lipinski definition) is 0. The van der Waals surface area contributed by atoms with Gasteiger partial charge in [-0.3, -0.25) is 10.1 Å². The molecule has 0 fully saturated rings. The van der Waals surface area contributed by atoms with Crippen molar-refractivity contribution in [3.8, 4) is 23.0 Å². The summed E-state index contributed by atoms with van der Waals surface area (Å²) >= 11 is 0. The van der Waals surface area contributed by atoms with Crippen molar-refractivity contribution in [1.82, 2.24) is 0 Å². The third-order valence-corrected chi connectivity index (χ3v) is 5.71. The molecule has 0 amide bonds. The van der Waals surface area contributed by atoms with Gasteiger partial charge in [0.15, 0.2) is 0 Å². The minimum Gasteiger partial charge on any atom is -0.496 e. The lowest BCUT2D eigenvalue weighted by atomic mass is 10.0. The molecule has 0 aromatic heterocycles. The first-order chi connectivity index (χ1) is 15.5. The van der Waals surface area contributed by atoms with Crippen LogP contribution in [-0.2, 0) is 12.8 Å². The standard InChI is InChI=1S/C26H25NO5/c1-17-15-23(27(28)29)21-8-6-9-22(21)26(17)32-20-13-14-25(31-3)19(16-20)12-11-18-7-4-5-10-24(18)30-2/h4-5,7,10-16H,6,8-9H2,1-3H3. The molecule has 6 heteroatoms. The van der Waals surface area contributed by atoms with Crippen molar-refractivity contribution in [3.63, 3.8) is 0 Å². The summed E-state index contributed by atoms with van der Waals surface area (Å²) in [4.78, 5) is 11.2. The van der Waals surface area contributed by atoms with Gasteiger partial charge in [0.25, 0.3) is 5.69 Å². The van der Waals surface area contributed by atoms with Crippen LogP contribution in [0.2, 0.25) is 0 Å². The highest BCUT2D eigenvalue weighted by molar-refractivity contribution is 5.75. The van der Waals surface area contributed by atoms with E-state index in [1.807, 2.05) is 61.5 Å². The molecule has 6 nitrogen and oxygen atoms in total. The Morgan fingerprint density at radius 1 is 0.906 bits per heavy atom. The van der Waals surface area contributed by atoms with Crippen molar-refractivity contribution in [3.05, 3.63) is 86.5 Å². The topological polar surface area (TPSA) is 70.8 Å². The first-order valence-corrected chi connectivity index (χ1v) is 10.5. The van der Waals surface area contributed by atoms with Crippen LogP contribution in [0.5, 0.6) is 23.0 Å². The Bertz CT molecular complexity index is 1200. The van der Waals surface area contributed by atoms with Crippen LogP contribution in [-0.4, -0.2) is 19.1 Å². The van der Waals surface area contributed by atoms with Gasteiger partial charge in [-0.2, -0.15) is 0 Å². The van der Waals surface area contributed by atoms with E-state index < -0.39 is 0 Å². The van der Waals surface area contributed by atoms with Crippen LogP contribution in [0, 0.1) is 17.0 Å². The van der Waals surface area contributed by atoms with Gasteiger partial charge in [-0.15, -0.1) is 0 Å². The van der Waals surface area contributed by atoms with E-state index in [9.17, 15) is 10.1 Å². The maximum Gasteiger partial charge on any atom is 0.273 e. The SMILES string of the molecule is COc1ccccc1C=Cc1cc(Oc2c(C)cc([N+](=O)[O-])c3c2CCC3)ccc1OC. The monoisotopic (exact) mass is 431 g/mol. The lowest BCUT2D eigenvalue weighted by Gasteiger charge is -2.15. The van der Waals surface area contributed by atoms with Crippen molar-refractivity contribution < 1.29 is 19.1 Å². The minimum absolute atomic E-state index is 0.192. The van der Waals surface area contributed by atoms with Crippen molar-refractivity contribution in [2.24, 2.45) is 0 Å². The van der Waals surface area contributed by atoms with Gasteiger partial charge in [-0.1, -0.05) is 30.4 Å². The summed E-state index contributed by atoms with van der Waals surface area (Å²) in [6.07, 6.45) is 6.30. The van der Waals surface area contributed by atoms with Crippen LogP contribution in [0.25, 0.3) is 12.2 Å². The summed E-state index contributed by atoms with van der Waals surface area (Å²) in [5.74, 6) is 2.87. The van der Waals surface area contributed by atoms with Crippen LogP contribution in [0.4, 0.5) is 5.69 Å². The van der Waals surface area contributed by atoms with Crippen LogP contribution in [0.15, 0.2) is 48.5 Å². The molecule has 0 N–H and O–H groups in total. The molecule has 32 heavy (non-hydrogen) atoms. The Balaban J connectivity index is 1.69. The Morgan fingerprint density at radius 3 is 2.34 bits per heavy atom. The number of nitro benzene ring substituents is 1. The van der Waals surface area contributed by atoms with Crippen LogP contribution in [0.3, 0.4) is 0 Å². The molecule has 0 radical (unpaired) electrons. The molecule has 0 saturated carbocycles. The highest BCUT2D eigenvalue weighted by Gasteiger charge is 2.27. The van der Waals surface area contributed by atoms with E-state index in [-0.39, 0.29) is 10.6 Å². The molecule has 1 aliphatic carbocycles. The van der Waals surface area contributed by atoms with E-state index in [4.69, 9.17) is 14.2 Å². The summed E-state index contributed by atoms with van der Waals surface area (Å²) in [7, 11) is 3.27. The fraction of sp³-hybridized carbons (Fsp3) is 0.231. The zero-order valence-electron chi connectivity index (χ0n) is 18.4. The lowest BCUT2D eigenvalue weighted by molar-refractivity contribution is -0.385. The molecule has 0 heterocycles. The van der Waals surface area contributed by atoms with Crippen LogP contribution >= 0.6 is 0 Å². The number of nitrogens with zero attached hydrogens (tertiary/aromatic N) is 1. The van der Waals surface area contributed by atoms with Gasteiger partial charge >= 0.3 is 0 Å². The average molecular weight is 431 g/mol. The van der Waals surface area contributed by atoms with E-state index in [1.54, 1.807) is 20.3 Å². The van der Waals surface area contributed by atoms with Gasteiger partial charge in [-0.05, 0) is 56.0 Å². The molecule has 0 aliphatic heterocycles. The number of rotatable bonds is 7. The number of fused-ring (bicyclic) bond motifs is 1. The fourth-order valence-electron chi connectivity index (χ4n) is 4.19. The zero-order valence-corrected chi connectivity index (χ0v) is 18.4. The number of para-hydroxylation sites is 1. The molecule has 164 valence electrons. The van der Waals surface area contributed by atoms with Gasteiger partial charge in [0.2, 0.25) is 0 Å². The first-order valence-electron chi connectivity index (χ1n) is 10.5. The number of hydrogen-bond acceptors (Lipinski definition) is 5. The van der Waals surface area contributed by atoms with Gasteiger partial charge in [0.05, 0.1) is 19.1 Å². The summed E-state index contributed by atoms with van der Waals surface area (Å²) in [6.45, 7) is 1.85. The van der Waals surface area contributed by atoms with Gasteiger partial charge < -0.3 is 14.2 Å². The number of methoxy groups -OCH3 is 2. The van der Waals surface area contributed by atoms with E-state index in [0.29, 0.717) is 23.7 Å². The number of benzene rings is 3. The lowest BCUT2D eigenvalue weighted by Crippen LogP contribution is -2.00. The molecule has 0 saturated heterocycles. The van der Waals surface area contributed by atoms with Gasteiger partial charge in [0, 0.05) is 28.3 Å². The summed E-state index contributed by atoms with van der Waals surface area (Å²) in [5, 5.41) is 11.5. The van der Waals surface area contributed by atoms with E-state index in [1.165, 1.54) is 0 Å². The second-order valence-corrected chi connectivity index (χ2v) is 7.69. The molecule has 0 atom stereocenters. The predicted molar refractivity (Wildman–Crippen MR) is 125 cm³/mol. The smallest absolute Gasteiger partial charge is 0.273 e. The second kappa shape index (κ2) is 9.14. The Hall–Kier alpha value is -3.80. The highest BCUT2D eigenvalue weighted by atomic mass is 16.6. The summed E-state index contributed by atoms with van der Waals surface area (Å²) in [5.41, 5.74) is 4.50. The van der Waals surface area contributed by atoms with E-state index >= 15 is 0 Å². The second-order valence-electron chi connectivity index (χ2n) is 7.69. The van der Waals surface area contributed by atoms with Crippen molar-refractivity contribution >= 4 is 17.8 Å². The Kier molecular flexibility index (Phi) is 6.12. The molecule has 0 bridgehead atoms. The largest absolute Gasteiger partial charge is 0.496 e. The van der Waals surface area contributed by atoms with Crippen molar-refractivity contribution in [2.75, 3.05) is 14.2 Å². The molecule has 1 aliphatic rings.